The lowest BCUT2D eigenvalue weighted by Gasteiger charge is -2.30. The lowest BCUT2D eigenvalue weighted by atomic mass is 9.86. The van der Waals surface area contributed by atoms with Crippen LogP contribution in [0.25, 0.3) is 0 Å². The Morgan fingerprint density at radius 2 is 1.55 bits per heavy atom. The third-order valence-electron chi connectivity index (χ3n) is 4.92. The number of hydrogen-bond donors (Lipinski definition) is 1. The SMILES string of the molecule is CC1CCCCC1Nc1ccc(OC2CCCC2)cc1. The molecule has 110 valence electrons. The van der Waals surface area contributed by atoms with E-state index in [1.165, 1.54) is 57.1 Å². The lowest BCUT2D eigenvalue weighted by Crippen LogP contribution is -2.30. The summed E-state index contributed by atoms with van der Waals surface area (Å²) in [5.74, 6) is 1.82. The number of ether oxygens (including phenoxy) is 1. The van der Waals surface area contributed by atoms with Gasteiger partial charge in [0.2, 0.25) is 0 Å². The van der Waals surface area contributed by atoms with E-state index in [1.807, 2.05) is 0 Å². The summed E-state index contributed by atoms with van der Waals surface area (Å²) in [6, 6.07) is 9.23. The van der Waals surface area contributed by atoms with Crippen LogP contribution in [0.5, 0.6) is 5.75 Å². The Morgan fingerprint density at radius 3 is 2.25 bits per heavy atom. The molecule has 0 radical (unpaired) electrons. The van der Waals surface area contributed by atoms with Gasteiger partial charge in [-0.3, -0.25) is 0 Å². The molecule has 0 spiro atoms. The highest BCUT2D eigenvalue weighted by Crippen LogP contribution is 2.28. The molecule has 2 fully saturated rings. The van der Waals surface area contributed by atoms with Gasteiger partial charge in [0.15, 0.2) is 0 Å². The Labute approximate surface area is 122 Å². The van der Waals surface area contributed by atoms with E-state index in [0.717, 1.165) is 11.7 Å². The van der Waals surface area contributed by atoms with Crippen molar-refractivity contribution in [2.75, 3.05) is 5.32 Å². The first-order chi connectivity index (χ1) is 9.81. The molecule has 2 atom stereocenters. The molecule has 3 rings (SSSR count). The summed E-state index contributed by atoms with van der Waals surface area (Å²) in [4.78, 5) is 0. The summed E-state index contributed by atoms with van der Waals surface area (Å²) in [6.07, 6.45) is 11.0. The first kappa shape index (κ1) is 13.8. The molecule has 2 aliphatic carbocycles. The Bertz CT molecular complexity index is 408. The molecule has 1 aromatic carbocycles. The maximum absolute atomic E-state index is 6.01. The predicted octanol–water partition coefficient (Wildman–Crippen LogP) is 5.00. The van der Waals surface area contributed by atoms with E-state index < -0.39 is 0 Å². The van der Waals surface area contributed by atoms with Crippen molar-refractivity contribution in [3.05, 3.63) is 24.3 Å². The number of rotatable bonds is 4. The van der Waals surface area contributed by atoms with E-state index in [2.05, 4.69) is 36.5 Å². The summed E-state index contributed by atoms with van der Waals surface area (Å²) < 4.78 is 6.01. The van der Waals surface area contributed by atoms with Crippen molar-refractivity contribution in [3.8, 4) is 5.75 Å². The van der Waals surface area contributed by atoms with Crippen LogP contribution < -0.4 is 10.1 Å². The van der Waals surface area contributed by atoms with Gasteiger partial charge in [0.25, 0.3) is 0 Å². The van der Waals surface area contributed by atoms with Crippen LogP contribution in [-0.4, -0.2) is 12.1 Å². The van der Waals surface area contributed by atoms with Crippen molar-refractivity contribution in [1.29, 1.82) is 0 Å². The Kier molecular flexibility index (Phi) is 4.49. The van der Waals surface area contributed by atoms with Gasteiger partial charge in [-0.05, 0) is 68.7 Å². The van der Waals surface area contributed by atoms with E-state index in [9.17, 15) is 0 Å². The van der Waals surface area contributed by atoms with Crippen molar-refractivity contribution < 1.29 is 4.74 Å². The van der Waals surface area contributed by atoms with E-state index in [0.29, 0.717) is 12.1 Å². The van der Waals surface area contributed by atoms with Crippen LogP contribution >= 0.6 is 0 Å². The molecule has 2 saturated carbocycles. The van der Waals surface area contributed by atoms with Crippen molar-refractivity contribution in [1.82, 2.24) is 0 Å². The number of benzene rings is 1. The molecule has 2 aliphatic rings. The van der Waals surface area contributed by atoms with Gasteiger partial charge in [-0.2, -0.15) is 0 Å². The van der Waals surface area contributed by atoms with Gasteiger partial charge in [-0.1, -0.05) is 19.8 Å². The molecule has 1 N–H and O–H groups in total. The second-order valence-electron chi connectivity index (χ2n) is 6.56. The summed E-state index contributed by atoms with van der Waals surface area (Å²) in [7, 11) is 0. The van der Waals surface area contributed by atoms with Gasteiger partial charge in [0, 0.05) is 11.7 Å². The Hall–Kier alpha value is -1.18. The van der Waals surface area contributed by atoms with Crippen molar-refractivity contribution >= 4 is 5.69 Å². The fraction of sp³-hybridized carbons (Fsp3) is 0.667. The second-order valence-corrected chi connectivity index (χ2v) is 6.56. The number of anilines is 1. The lowest BCUT2D eigenvalue weighted by molar-refractivity contribution is 0.210. The minimum atomic E-state index is 0.451. The average molecular weight is 273 g/mol. The molecule has 1 aromatic rings. The predicted molar refractivity (Wildman–Crippen MR) is 84.4 cm³/mol. The van der Waals surface area contributed by atoms with Crippen LogP contribution in [0.3, 0.4) is 0 Å². The first-order valence-corrected chi connectivity index (χ1v) is 8.34. The van der Waals surface area contributed by atoms with E-state index in [1.54, 1.807) is 0 Å². The molecular formula is C18H27NO. The average Bonchev–Trinajstić information content (AvgIpc) is 2.96. The molecule has 2 heteroatoms. The molecule has 0 amide bonds. The first-order valence-electron chi connectivity index (χ1n) is 8.34. The topological polar surface area (TPSA) is 21.3 Å². The molecule has 0 heterocycles. The highest BCUT2D eigenvalue weighted by molar-refractivity contribution is 5.47. The zero-order valence-corrected chi connectivity index (χ0v) is 12.6. The molecule has 0 aromatic heterocycles. The molecule has 2 unspecified atom stereocenters. The summed E-state index contributed by atoms with van der Waals surface area (Å²) >= 11 is 0. The summed E-state index contributed by atoms with van der Waals surface area (Å²) in [5, 5.41) is 3.70. The Balaban J connectivity index is 1.55. The van der Waals surface area contributed by atoms with Crippen molar-refractivity contribution in [3.63, 3.8) is 0 Å². The molecule has 2 nitrogen and oxygen atoms in total. The minimum Gasteiger partial charge on any atom is -0.490 e. The zero-order chi connectivity index (χ0) is 13.8. The highest BCUT2D eigenvalue weighted by Gasteiger charge is 2.21. The second kappa shape index (κ2) is 6.51. The van der Waals surface area contributed by atoms with E-state index in [4.69, 9.17) is 4.74 Å². The third kappa shape index (κ3) is 3.47. The maximum atomic E-state index is 6.01. The van der Waals surface area contributed by atoms with Crippen LogP contribution in [0, 0.1) is 5.92 Å². The number of hydrogen-bond acceptors (Lipinski definition) is 2. The molecule has 0 bridgehead atoms. The zero-order valence-electron chi connectivity index (χ0n) is 12.6. The van der Waals surface area contributed by atoms with Gasteiger partial charge in [0.05, 0.1) is 6.10 Å². The van der Waals surface area contributed by atoms with Crippen LogP contribution in [0.1, 0.15) is 58.3 Å². The summed E-state index contributed by atoms with van der Waals surface area (Å²) in [6.45, 7) is 2.37. The van der Waals surface area contributed by atoms with Crippen LogP contribution in [0.15, 0.2) is 24.3 Å². The molecule has 20 heavy (non-hydrogen) atoms. The van der Waals surface area contributed by atoms with E-state index >= 15 is 0 Å². The maximum Gasteiger partial charge on any atom is 0.119 e. The van der Waals surface area contributed by atoms with Crippen LogP contribution in [0.2, 0.25) is 0 Å². The van der Waals surface area contributed by atoms with Gasteiger partial charge in [-0.15, -0.1) is 0 Å². The monoisotopic (exact) mass is 273 g/mol. The Morgan fingerprint density at radius 1 is 0.900 bits per heavy atom. The quantitative estimate of drug-likeness (QED) is 0.833. The van der Waals surface area contributed by atoms with Gasteiger partial charge in [0.1, 0.15) is 5.75 Å². The van der Waals surface area contributed by atoms with Crippen LogP contribution in [0.4, 0.5) is 5.69 Å². The van der Waals surface area contributed by atoms with Gasteiger partial charge < -0.3 is 10.1 Å². The largest absolute Gasteiger partial charge is 0.490 e. The highest BCUT2D eigenvalue weighted by atomic mass is 16.5. The summed E-state index contributed by atoms with van der Waals surface area (Å²) in [5.41, 5.74) is 1.24. The molecular weight excluding hydrogens is 246 g/mol. The standard InChI is InChI=1S/C18H27NO/c1-14-6-2-5-9-18(14)19-15-10-12-17(13-11-15)20-16-7-3-4-8-16/h10-14,16,18-19H,2-9H2,1H3. The van der Waals surface area contributed by atoms with Gasteiger partial charge in [-0.25, -0.2) is 0 Å². The number of nitrogens with one attached hydrogen (secondary N) is 1. The molecule has 0 aliphatic heterocycles. The van der Waals surface area contributed by atoms with E-state index in [-0.39, 0.29) is 0 Å². The molecule has 0 saturated heterocycles. The normalized spacial score (nSPS) is 27.4. The van der Waals surface area contributed by atoms with Crippen LogP contribution in [-0.2, 0) is 0 Å². The fourth-order valence-corrected chi connectivity index (χ4v) is 3.57. The van der Waals surface area contributed by atoms with Gasteiger partial charge >= 0.3 is 0 Å². The van der Waals surface area contributed by atoms with Crippen molar-refractivity contribution in [2.45, 2.75) is 70.4 Å². The minimum absolute atomic E-state index is 0.451. The van der Waals surface area contributed by atoms with Crippen molar-refractivity contribution in [2.24, 2.45) is 5.92 Å². The smallest absolute Gasteiger partial charge is 0.119 e. The fourth-order valence-electron chi connectivity index (χ4n) is 3.57. The third-order valence-corrected chi connectivity index (χ3v) is 4.92.